The van der Waals surface area contributed by atoms with E-state index in [-0.39, 0.29) is 29.7 Å². The first kappa shape index (κ1) is 15.5. The molecule has 1 N–H and O–H groups in total. The Morgan fingerprint density at radius 1 is 1.33 bits per heavy atom. The summed E-state index contributed by atoms with van der Waals surface area (Å²) < 4.78 is 14.4. The number of rotatable bonds is 3. The number of para-hydroxylation sites is 1. The topological polar surface area (TPSA) is 62.3 Å². The highest BCUT2D eigenvalue weighted by atomic mass is 32.1. The molecule has 1 aromatic heterocycles. The number of hydrogen-bond donors (Lipinski definition) is 1. The Labute approximate surface area is 142 Å². The molecular formula is C17H18FN3O2S. The molecule has 7 heteroatoms. The number of benzene rings is 1. The molecule has 0 spiro atoms. The molecule has 0 radical (unpaired) electrons. The van der Waals surface area contributed by atoms with Gasteiger partial charge in [0.1, 0.15) is 11.3 Å². The van der Waals surface area contributed by atoms with Crippen LogP contribution in [0, 0.1) is 11.7 Å². The molecule has 2 heterocycles. The second kappa shape index (κ2) is 6.12. The van der Waals surface area contributed by atoms with Crippen LogP contribution in [-0.2, 0) is 9.59 Å². The molecular weight excluding hydrogens is 329 g/mol. The van der Waals surface area contributed by atoms with Gasteiger partial charge in [-0.3, -0.25) is 9.59 Å². The summed E-state index contributed by atoms with van der Waals surface area (Å²) in [5, 5.41) is 3.14. The summed E-state index contributed by atoms with van der Waals surface area (Å²) in [6.45, 7) is 0.481. The minimum atomic E-state index is -0.396. The Morgan fingerprint density at radius 3 is 2.88 bits per heavy atom. The van der Waals surface area contributed by atoms with Crippen molar-refractivity contribution in [3.63, 3.8) is 0 Å². The van der Waals surface area contributed by atoms with Crippen molar-refractivity contribution in [1.82, 2.24) is 9.88 Å². The number of aromatic nitrogens is 1. The predicted octanol–water partition coefficient (Wildman–Crippen LogP) is 3.17. The fourth-order valence-corrected chi connectivity index (χ4v) is 4.54. The number of halogens is 1. The maximum atomic E-state index is 13.7. The third-order valence-electron chi connectivity index (χ3n) is 4.89. The molecule has 126 valence electrons. The molecule has 1 saturated carbocycles. The van der Waals surface area contributed by atoms with Gasteiger partial charge >= 0.3 is 0 Å². The molecule has 2 aliphatic rings. The van der Waals surface area contributed by atoms with Crippen LogP contribution in [0.5, 0.6) is 0 Å². The standard InChI is InChI=1S/C17H18FN3O2S/c18-12-6-3-7-13-15(12)19-17(24-13)20-16(23)10-8-14(22)21(9-10)11-4-1-2-5-11/h3,6-7,10-11H,1-2,4-5,8-9H2,(H,19,20,23). The van der Waals surface area contributed by atoms with Gasteiger partial charge < -0.3 is 10.2 Å². The van der Waals surface area contributed by atoms with Crippen LogP contribution in [0.3, 0.4) is 0 Å². The lowest BCUT2D eigenvalue weighted by Crippen LogP contribution is -2.35. The second-order valence-electron chi connectivity index (χ2n) is 6.48. The van der Waals surface area contributed by atoms with E-state index >= 15 is 0 Å². The number of likely N-dealkylation sites (tertiary alicyclic amines) is 1. The van der Waals surface area contributed by atoms with Gasteiger partial charge in [-0.25, -0.2) is 9.37 Å². The normalized spacial score (nSPS) is 21.8. The monoisotopic (exact) mass is 347 g/mol. The van der Waals surface area contributed by atoms with E-state index in [0.717, 1.165) is 25.7 Å². The molecule has 4 rings (SSSR count). The number of anilines is 1. The number of nitrogens with one attached hydrogen (secondary N) is 1. The average molecular weight is 347 g/mol. The van der Waals surface area contributed by atoms with Crippen LogP contribution in [0.2, 0.25) is 0 Å². The lowest BCUT2D eigenvalue weighted by atomic mass is 10.1. The zero-order valence-electron chi connectivity index (χ0n) is 13.1. The van der Waals surface area contributed by atoms with Crippen molar-refractivity contribution < 1.29 is 14.0 Å². The maximum Gasteiger partial charge on any atom is 0.231 e. The quantitative estimate of drug-likeness (QED) is 0.928. The van der Waals surface area contributed by atoms with Gasteiger partial charge in [-0.15, -0.1) is 0 Å². The van der Waals surface area contributed by atoms with Crippen molar-refractivity contribution in [2.24, 2.45) is 5.92 Å². The summed E-state index contributed by atoms with van der Waals surface area (Å²) in [5.74, 6) is -0.886. The summed E-state index contributed by atoms with van der Waals surface area (Å²) in [4.78, 5) is 30.7. The molecule has 2 amide bonds. The Hall–Kier alpha value is -2.02. The minimum absolute atomic E-state index is 0.0670. The van der Waals surface area contributed by atoms with Gasteiger partial charge in [0.15, 0.2) is 5.13 Å². The van der Waals surface area contributed by atoms with Crippen LogP contribution >= 0.6 is 11.3 Å². The van der Waals surface area contributed by atoms with E-state index in [9.17, 15) is 14.0 Å². The highest BCUT2D eigenvalue weighted by Crippen LogP contribution is 2.31. The molecule has 2 aromatic rings. The fourth-order valence-electron chi connectivity index (χ4n) is 3.65. The van der Waals surface area contributed by atoms with Gasteiger partial charge in [-0.2, -0.15) is 0 Å². The molecule has 1 aliphatic heterocycles. The zero-order valence-corrected chi connectivity index (χ0v) is 13.9. The van der Waals surface area contributed by atoms with Gasteiger partial charge in [0.25, 0.3) is 0 Å². The van der Waals surface area contributed by atoms with E-state index in [1.165, 1.54) is 17.4 Å². The van der Waals surface area contributed by atoms with E-state index in [1.54, 1.807) is 12.1 Å². The second-order valence-corrected chi connectivity index (χ2v) is 7.51. The van der Waals surface area contributed by atoms with Crippen LogP contribution in [0.25, 0.3) is 10.2 Å². The smallest absolute Gasteiger partial charge is 0.231 e. The SMILES string of the molecule is O=C(Nc1nc2c(F)cccc2s1)C1CC(=O)N(C2CCCC2)C1. The van der Waals surface area contributed by atoms with Gasteiger partial charge in [-0.05, 0) is 25.0 Å². The summed E-state index contributed by atoms with van der Waals surface area (Å²) in [6.07, 6.45) is 4.64. The largest absolute Gasteiger partial charge is 0.339 e. The highest BCUT2D eigenvalue weighted by Gasteiger charge is 2.38. The van der Waals surface area contributed by atoms with E-state index in [1.807, 2.05) is 4.90 Å². The van der Waals surface area contributed by atoms with Crippen LogP contribution in [0.15, 0.2) is 18.2 Å². The summed E-state index contributed by atoms with van der Waals surface area (Å²) in [5.41, 5.74) is 0.271. The molecule has 5 nitrogen and oxygen atoms in total. The number of hydrogen-bond acceptors (Lipinski definition) is 4. The maximum absolute atomic E-state index is 13.7. The van der Waals surface area contributed by atoms with Crippen LogP contribution in [0.4, 0.5) is 9.52 Å². The first-order chi connectivity index (χ1) is 11.6. The Morgan fingerprint density at radius 2 is 2.12 bits per heavy atom. The lowest BCUT2D eigenvalue weighted by Gasteiger charge is -2.23. The first-order valence-electron chi connectivity index (χ1n) is 8.27. The van der Waals surface area contributed by atoms with Crippen molar-refractivity contribution in [1.29, 1.82) is 0 Å². The van der Waals surface area contributed by atoms with E-state index in [4.69, 9.17) is 0 Å². The van der Waals surface area contributed by atoms with Gasteiger partial charge in [0.2, 0.25) is 11.8 Å². The fraction of sp³-hybridized carbons (Fsp3) is 0.471. The molecule has 1 aliphatic carbocycles. The lowest BCUT2D eigenvalue weighted by molar-refractivity contribution is -0.129. The number of thiazole rings is 1. The molecule has 2 fully saturated rings. The number of amides is 2. The number of nitrogens with zero attached hydrogens (tertiary/aromatic N) is 2. The number of carbonyl (C=O) groups excluding carboxylic acids is 2. The van der Waals surface area contributed by atoms with Crippen molar-refractivity contribution in [2.45, 2.75) is 38.1 Å². The third-order valence-corrected chi connectivity index (χ3v) is 5.83. The average Bonchev–Trinajstić information content (AvgIpc) is 3.26. The van der Waals surface area contributed by atoms with Crippen molar-refractivity contribution in [2.75, 3.05) is 11.9 Å². The van der Waals surface area contributed by atoms with Crippen molar-refractivity contribution >= 4 is 38.5 Å². The molecule has 1 unspecified atom stereocenters. The summed E-state index contributed by atoms with van der Waals surface area (Å²) in [6, 6.07) is 5.04. The van der Waals surface area contributed by atoms with Gasteiger partial charge in [-0.1, -0.05) is 30.2 Å². The molecule has 24 heavy (non-hydrogen) atoms. The van der Waals surface area contributed by atoms with Crippen molar-refractivity contribution in [3.8, 4) is 0 Å². The van der Waals surface area contributed by atoms with E-state index in [2.05, 4.69) is 10.3 Å². The molecule has 1 atom stereocenters. The van der Waals surface area contributed by atoms with Gasteiger partial charge in [0, 0.05) is 19.0 Å². The first-order valence-corrected chi connectivity index (χ1v) is 9.09. The van der Waals surface area contributed by atoms with Gasteiger partial charge in [0.05, 0.1) is 10.6 Å². The number of fused-ring (bicyclic) bond motifs is 1. The number of carbonyl (C=O) groups is 2. The van der Waals surface area contributed by atoms with Crippen LogP contribution in [0.1, 0.15) is 32.1 Å². The van der Waals surface area contributed by atoms with Crippen LogP contribution < -0.4 is 5.32 Å². The van der Waals surface area contributed by atoms with Crippen molar-refractivity contribution in [3.05, 3.63) is 24.0 Å². The third kappa shape index (κ3) is 2.77. The van der Waals surface area contributed by atoms with Crippen LogP contribution in [-0.4, -0.2) is 34.3 Å². The molecule has 0 bridgehead atoms. The Kier molecular flexibility index (Phi) is 3.96. The minimum Gasteiger partial charge on any atom is -0.339 e. The Bertz CT molecular complexity index is 800. The van der Waals surface area contributed by atoms with E-state index in [0.29, 0.717) is 22.4 Å². The molecule has 1 aromatic carbocycles. The Balaban J connectivity index is 1.45. The predicted molar refractivity (Wildman–Crippen MR) is 90.3 cm³/mol. The van der Waals surface area contributed by atoms with E-state index < -0.39 is 5.82 Å². The zero-order chi connectivity index (χ0) is 16.7. The summed E-state index contributed by atoms with van der Waals surface area (Å²) >= 11 is 1.24. The summed E-state index contributed by atoms with van der Waals surface area (Å²) in [7, 11) is 0. The molecule has 1 saturated heterocycles. The highest BCUT2D eigenvalue weighted by molar-refractivity contribution is 7.22.